The molecule has 2 fully saturated rings. The van der Waals surface area contributed by atoms with Crippen molar-refractivity contribution in [2.24, 2.45) is 27.4 Å². The summed E-state index contributed by atoms with van der Waals surface area (Å²) in [5.74, 6) is 1.28. The van der Waals surface area contributed by atoms with Gasteiger partial charge < -0.3 is 16.4 Å². The molecule has 2 aliphatic heterocycles. The number of para-hydroxylation sites is 1. The average molecular weight is 383 g/mol. The first kappa shape index (κ1) is 18.8. The Balaban J connectivity index is 1.72. The van der Waals surface area contributed by atoms with Crippen molar-refractivity contribution in [2.45, 2.75) is 57.5 Å². The molecule has 1 aliphatic carbocycles. The highest BCUT2D eigenvalue weighted by Gasteiger charge is 2.43. The third kappa shape index (κ3) is 3.34. The SMILES string of the molecule is CC1CCN(C(=O)c2ccccc2N2C(N)=NC(N)=NC23CCCCC3)CC1. The van der Waals surface area contributed by atoms with E-state index in [0.717, 1.165) is 57.3 Å². The highest BCUT2D eigenvalue weighted by molar-refractivity contribution is 6.10. The molecule has 4 N–H and O–H groups in total. The monoisotopic (exact) mass is 382 g/mol. The fraction of sp³-hybridized carbons (Fsp3) is 0.571. The van der Waals surface area contributed by atoms with Crippen LogP contribution in [0.25, 0.3) is 0 Å². The summed E-state index contributed by atoms with van der Waals surface area (Å²) < 4.78 is 0. The fourth-order valence-electron chi connectivity index (χ4n) is 4.70. The molecule has 1 spiro atoms. The van der Waals surface area contributed by atoms with Crippen molar-refractivity contribution in [1.82, 2.24) is 4.90 Å². The third-order valence-corrected chi connectivity index (χ3v) is 6.30. The maximum atomic E-state index is 13.4. The zero-order valence-corrected chi connectivity index (χ0v) is 16.6. The molecule has 3 aliphatic rings. The largest absolute Gasteiger partial charge is 0.369 e. The second kappa shape index (κ2) is 7.45. The van der Waals surface area contributed by atoms with Crippen LogP contribution < -0.4 is 16.4 Å². The van der Waals surface area contributed by atoms with Gasteiger partial charge in [0.2, 0.25) is 11.9 Å². The van der Waals surface area contributed by atoms with Gasteiger partial charge in [0.15, 0.2) is 0 Å². The normalized spacial score (nSPS) is 22.8. The van der Waals surface area contributed by atoms with Crippen LogP contribution in [0.3, 0.4) is 0 Å². The highest BCUT2D eigenvalue weighted by atomic mass is 16.2. The van der Waals surface area contributed by atoms with E-state index < -0.39 is 5.66 Å². The molecular weight excluding hydrogens is 352 g/mol. The van der Waals surface area contributed by atoms with E-state index in [4.69, 9.17) is 16.5 Å². The summed E-state index contributed by atoms with van der Waals surface area (Å²) in [5, 5.41) is 0. The van der Waals surface area contributed by atoms with Crippen molar-refractivity contribution < 1.29 is 4.79 Å². The van der Waals surface area contributed by atoms with Gasteiger partial charge in [0, 0.05) is 13.1 Å². The maximum Gasteiger partial charge on any atom is 0.255 e. The Morgan fingerprint density at radius 2 is 1.79 bits per heavy atom. The summed E-state index contributed by atoms with van der Waals surface area (Å²) in [7, 11) is 0. The molecule has 1 amide bonds. The lowest BCUT2D eigenvalue weighted by molar-refractivity contribution is 0.0697. The number of hydrogen-bond donors (Lipinski definition) is 2. The number of nitrogens with zero attached hydrogens (tertiary/aromatic N) is 4. The van der Waals surface area contributed by atoms with Gasteiger partial charge in [-0.3, -0.25) is 9.69 Å². The molecule has 0 aromatic heterocycles. The summed E-state index contributed by atoms with van der Waals surface area (Å²) in [4.78, 5) is 26.3. The summed E-state index contributed by atoms with van der Waals surface area (Å²) in [6, 6.07) is 7.69. The Morgan fingerprint density at radius 1 is 1.11 bits per heavy atom. The Hall–Kier alpha value is -2.57. The number of likely N-dealkylation sites (tertiary alicyclic amines) is 1. The molecule has 28 heavy (non-hydrogen) atoms. The van der Waals surface area contributed by atoms with E-state index in [1.165, 1.54) is 6.42 Å². The second-order valence-electron chi connectivity index (χ2n) is 8.31. The van der Waals surface area contributed by atoms with Crippen LogP contribution in [0.2, 0.25) is 0 Å². The molecule has 1 aromatic carbocycles. The lowest BCUT2D eigenvalue weighted by Crippen LogP contribution is -2.58. The molecule has 7 nitrogen and oxygen atoms in total. The van der Waals surface area contributed by atoms with Crippen molar-refractivity contribution in [3.8, 4) is 0 Å². The van der Waals surface area contributed by atoms with E-state index in [2.05, 4.69) is 11.9 Å². The molecule has 0 unspecified atom stereocenters. The minimum atomic E-state index is -0.541. The van der Waals surface area contributed by atoms with Crippen LogP contribution in [0.1, 0.15) is 62.2 Å². The van der Waals surface area contributed by atoms with Crippen molar-refractivity contribution in [3.05, 3.63) is 29.8 Å². The Labute approximate surface area is 166 Å². The van der Waals surface area contributed by atoms with Gasteiger partial charge in [0.25, 0.3) is 5.91 Å². The molecule has 0 radical (unpaired) electrons. The van der Waals surface area contributed by atoms with E-state index in [1.807, 2.05) is 34.1 Å². The predicted octanol–water partition coefficient (Wildman–Crippen LogP) is 2.67. The van der Waals surface area contributed by atoms with E-state index >= 15 is 0 Å². The number of aliphatic imine (C=N–C) groups is 2. The zero-order chi connectivity index (χ0) is 19.7. The number of nitrogens with two attached hydrogens (primary N) is 2. The van der Waals surface area contributed by atoms with Crippen LogP contribution in [0.15, 0.2) is 34.3 Å². The first-order valence-electron chi connectivity index (χ1n) is 10.4. The van der Waals surface area contributed by atoms with Gasteiger partial charge in [-0.25, -0.2) is 4.99 Å². The standard InChI is InChI=1S/C21H30N6O/c1-15-9-13-26(14-10-15)18(28)16-7-3-4-8-17(16)27-20(23)24-19(22)25-21(27)11-5-2-6-12-21/h3-4,7-8,15H,2,5-6,9-14H2,1H3,(H4,22,23,24,25). The molecule has 2 heterocycles. The van der Waals surface area contributed by atoms with Crippen LogP contribution in [-0.2, 0) is 0 Å². The molecule has 1 saturated carbocycles. The smallest absolute Gasteiger partial charge is 0.255 e. The van der Waals surface area contributed by atoms with Gasteiger partial charge in [0.05, 0.1) is 11.3 Å². The lowest BCUT2D eigenvalue weighted by Gasteiger charge is -2.46. The third-order valence-electron chi connectivity index (χ3n) is 6.30. The van der Waals surface area contributed by atoms with Crippen molar-refractivity contribution in [3.63, 3.8) is 0 Å². The molecule has 0 atom stereocenters. The van der Waals surface area contributed by atoms with Gasteiger partial charge in [-0.15, -0.1) is 0 Å². The van der Waals surface area contributed by atoms with E-state index in [9.17, 15) is 4.79 Å². The number of piperidine rings is 1. The van der Waals surface area contributed by atoms with Crippen molar-refractivity contribution in [2.75, 3.05) is 18.0 Å². The maximum absolute atomic E-state index is 13.4. The molecule has 150 valence electrons. The number of hydrogen-bond acceptors (Lipinski definition) is 6. The van der Waals surface area contributed by atoms with Gasteiger partial charge in [0.1, 0.15) is 5.66 Å². The van der Waals surface area contributed by atoms with Crippen LogP contribution in [0.5, 0.6) is 0 Å². The summed E-state index contributed by atoms with van der Waals surface area (Å²) in [6.07, 6.45) is 7.09. The molecule has 1 aromatic rings. The minimum Gasteiger partial charge on any atom is -0.369 e. The van der Waals surface area contributed by atoms with Crippen LogP contribution in [0.4, 0.5) is 5.69 Å². The van der Waals surface area contributed by atoms with E-state index in [0.29, 0.717) is 17.4 Å². The predicted molar refractivity (Wildman–Crippen MR) is 112 cm³/mol. The quantitative estimate of drug-likeness (QED) is 0.821. The van der Waals surface area contributed by atoms with Crippen molar-refractivity contribution >= 4 is 23.5 Å². The first-order valence-corrected chi connectivity index (χ1v) is 10.4. The number of guanidine groups is 2. The molecule has 0 bridgehead atoms. The topological polar surface area (TPSA) is 100 Å². The highest BCUT2D eigenvalue weighted by Crippen LogP contribution is 2.40. The summed E-state index contributed by atoms with van der Waals surface area (Å²) in [5.41, 5.74) is 13.2. The Kier molecular flexibility index (Phi) is 5.00. The summed E-state index contributed by atoms with van der Waals surface area (Å²) in [6.45, 7) is 3.85. The minimum absolute atomic E-state index is 0.0591. The van der Waals surface area contributed by atoms with Crippen molar-refractivity contribution in [1.29, 1.82) is 0 Å². The average Bonchev–Trinajstić information content (AvgIpc) is 2.68. The van der Waals surface area contributed by atoms with Gasteiger partial charge in [-0.2, -0.15) is 4.99 Å². The number of anilines is 1. The van der Waals surface area contributed by atoms with E-state index in [1.54, 1.807) is 0 Å². The molecular formula is C21H30N6O. The molecule has 4 rings (SSSR count). The summed E-state index contributed by atoms with van der Waals surface area (Å²) >= 11 is 0. The second-order valence-corrected chi connectivity index (χ2v) is 8.31. The van der Waals surface area contributed by atoms with Crippen LogP contribution in [0, 0.1) is 5.92 Å². The number of benzene rings is 1. The van der Waals surface area contributed by atoms with Crippen LogP contribution >= 0.6 is 0 Å². The zero-order valence-electron chi connectivity index (χ0n) is 16.6. The first-order chi connectivity index (χ1) is 13.5. The molecule has 7 heteroatoms. The lowest BCUT2D eigenvalue weighted by atomic mass is 9.87. The Morgan fingerprint density at radius 3 is 2.50 bits per heavy atom. The number of rotatable bonds is 2. The number of carbonyl (C=O) groups is 1. The van der Waals surface area contributed by atoms with Gasteiger partial charge in [-0.05, 0) is 56.6 Å². The van der Waals surface area contributed by atoms with E-state index in [-0.39, 0.29) is 11.9 Å². The number of carbonyl (C=O) groups excluding carboxylic acids is 1. The van der Waals surface area contributed by atoms with Crippen LogP contribution in [-0.4, -0.2) is 41.5 Å². The Bertz CT molecular complexity index is 803. The fourth-order valence-corrected chi connectivity index (χ4v) is 4.70. The van der Waals surface area contributed by atoms with Gasteiger partial charge >= 0.3 is 0 Å². The molecule has 1 saturated heterocycles. The number of amides is 1. The van der Waals surface area contributed by atoms with Gasteiger partial charge in [-0.1, -0.05) is 25.5 Å².